The average Bonchev–Trinajstić information content (AvgIpc) is 3.18. The molecule has 3 aromatic rings. The third kappa shape index (κ3) is 3.07. The van der Waals surface area contributed by atoms with E-state index in [4.69, 9.17) is 9.15 Å². The molecule has 124 valence electrons. The normalized spacial score (nSPS) is 10.8. The molecule has 0 atom stereocenters. The van der Waals surface area contributed by atoms with Gasteiger partial charge in [-0.2, -0.15) is 0 Å². The first-order valence-corrected chi connectivity index (χ1v) is 8.33. The number of carbonyl (C=O) groups excluding carboxylic acids is 1. The molecular formula is C17H17N3O3S. The van der Waals surface area contributed by atoms with Gasteiger partial charge in [-0.15, -0.1) is 10.2 Å². The quantitative estimate of drug-likeness (QED) is 0.505. The average molecular weight is 343 g/mol. The van der Waals surface area contributed by atoms with Crippen molar-refractivity contribution >= 4 is 17.5 Å². The summed E-state index contributed by atoms with van der Waals surface area (Å²) in [6.45, 7) is 1.88. The Labute approximate surface area is 143 Å². The molecule has 0 aliphatic heterocycles. The van der Waals surface area contributed by atoms with Crippen LogP contribution in [0, 0.1) is 6.92 Å². The first-order chi connectivity index (χ1) is 11.6. The van der Waals surface area contributed by atoms with Crippen molar-refractivity contribution in [2.45, 2.75) is 12.1 Å². The van der Waals surface area contributed by atoms with E-state index in [1.54, 1.807) is 25.5 Å². The minimum absolute atomic E-state index is 0.0125. The summed E-state index contributed by atoms with van der Waals surface area (Å²) in [4.78, 5) is 12.4. The molecule has 2 aromatic heterocycles. The van der Waals surface area contributed by atoms with E-state index in [1.807, 2.05) is 36.7 Å². The van der Waals surface area contributed by atoms with Crippen LogP contribution in [0.15, 0.2) is 46.2 Å². The minimum Gasteiger partial charge on any atom is -0.496 e. The largest absolute Gasteiger partial charge is 0.496 e. The lowest BCUT2D eigenvalue weighted by atomic mass is 10.1. The van der Waals surface area contributed by atoms with Crippen LogP contribution < -0.4 is 4.74 Å². The summed E-state index contributed by atoms with van der Waals surface area (Å²) in [5.41, 5.74) is 1.47. The number of Topliss-reactive ketones (excluding diaryl/α,β-unsaturated/α-hetero) is 1. The maximum Gasteiger partial charge on any atom is 0.191 e. The van der Waals surface area contributed by atoms with Crippen molar-refractivity contribution < 1.29 is 13.9 Å². The van der Waals surface area contributed by atoms with Crippen LogP contribution in [0.3, 0.4) is 0 Å². The van der Waals surface area contributed by atoms with Crippen LogP contribution >= 0.6 is 11.8 Å². The fraction of sp³-hybridized carbons (Fsp3) is 0.235. The van der Waals surface area contributed by atoms with Crippen molar-refractivity contribution in [2.75, 3.05) is 12.9 Å². The van der Waals surface area contributed by atoms with Crippen molar-refractivity contribution in [1.29, 1.82) is 0 Å². The number of ketones is 1. The zero-order valence-corrected chi connectivity index (χ0v) is 14.5. The van der Waals surface area contributed by atoms with Gasteiger partial charge >= 0.3 is 0 Å². The Balaban J connectivity index is 1.75. The zero-order chi connectivity index (χ0) is 17.1. The molecule has 0 saturated heterocycles. The predicted molar refractivity (Wildman–Crippen MR) is 91.5 cm³/mol. The molecular weight excluding hydrogens is 326 g/mol. The van der Waals surface area contributed by atoms with Crippen LogP contribution in [0.2, 0.25) is 0 Å². The lowest BCUT2D eigenvalue weighted by Crippen LogP contribution is -2.06. The molecule has 0 aliphatic rings. The lowest BCUT2D eigenvalue weighted by molar-refractivity contribution is 0.101. The zero-order valence-electron chi connectivity index (χ0n) is 13.6. The second-order valence-corrected chi connectivity index (χ2v) is 6.11. The molecule has 0 saturated carbocycles. The summed E-state index contributed by atoms with van der Waals surface area (Å²) in [7, 11) is 3.43. The first-order valence-electron chi connectivity index (χ1n) is 7.34. The summed E-state index contributed by atoms with van der Waals surface area (Å²) in [5.74, 6) is 2.33. The van der Waals surface area contributed by atoms with E-state index < -0.39 is 0 Å². The highest BCUT2D eigenvalue weighted by molar-refractivity contribution is 7.99. The van der Waals surface area contributed by atoms with Crippen molar-refractivity contribution in [3.05, 3.63) is 47.9 Å². The van der Waals surface area contributed by atoms with Crippen molar-refractivity contribution in [3.8, 4) is 17.1 Å². The second-order valence-electron chi connectivity index (χ2n) is 5.17. The summed E-state index contributed by atoms with van der Waals surface area (Å²) >= 11 is 1.35. The van der Waals surface area contributed by atoms with E-state index >= 15 is 0 Å². The Kier molecular flexibility index (Phi) is 4.71. The topological polar surface area (TPSA) is 70.2 Å². The number of methoxy groups -OCH3 is 1. The van der Waals surface area contributed by atoms with Crippen LogP contribution in [0.25, 0.3) is 11.4 Å². The molecule has 0 aliphatic carbocycles. The van der Waals surface area contributed by atoms with Gasteiger partial charge in [-0.1, -0.05) is 23.9 Å². The summed E-state index contributed by atoms with van der Waals surface area (Å²) in [6, 6.07) is 9.06. The van der Waals surface area contributed by atoms with Crippen LogP contribution in [-0.2, 0) is 7.05 Å². The Hall–Kier alpha value is -2.54. The van der Waals surface area contributed by atoms with Crippen LogP contribution in [0.5, 0.6) is 5.75 Å². The maximum absolute atomic E-state index is 12.4. The van der Waals surface area contributed by atoms with Crippen molar-refractivity contribution in [2.24, 2.45) is 7.05 Å². The Morgan fingerprint density at radius 3 is 2.79 bits per heavy atom. The number of aryl methyl sites for hydroxylation is 1. The van der Waals surface area contributed by atoms with Gasteiger partial charge in [0.15, 0.2) is 16.8 Å². The number of aromatic nitrogens is 3. The summed E-state index contributed by atoms with van der Waals surface area (Å²) in [5, 5.41) is 9.05. The molecule has 0 spiro atoms. The van der Waals surface area contributed by atoms with Crippen molar-refractivity contribution in [1.82, 2.24) is 14.8 Å². The van der Waals surface area contributed by atoms with Gasteiger partial charge in [0.1, 0.15) is 11.5 Å². The first kappa shape index (κ1) is 16.3. The summed E-state index contributed by atoms with van der Waals surface area (Å²) in [6.07, 6.45) is 1.62. The fourth-order valence-corrected chi connectivity index (χ4v) is 3.17. The van der Waals surface area contributed by atoms with Gasteiger partial charge < -0.3 is 13.7 Å². The molecule has 0 bridgehead atoms. The number of thioether (sulfide) groups is 1. The molecule has 6 nitrogen and oxygen atoms in total. The van der Waals surface area contributed by atoms with Crippen LogP contribution in [0.1, 0.15) is 16.1 Å². The molecule has 0 unspecified atom stereocenters. The van der Waals surface area contributed by atoms with Gasteiger partial charge in [-0.05, 0) is 25.1 Å². The van der Waals surface area contributed by atoms with E-state index in [1.165, 1.54) is 11.8 Å². The number of hydrogen-bond donors (Lipinski definition) is 0. The second kappa shape index (κ2) is 6.92. The highest BCUT2D eigenvalue weighted by atomic mass is 32.2. The molecule has 0 N–H and O–H groups in total. The van der Waals surface area contributed by atoms with Crippen LogP contribution in [-0.4, -0.2) is 33.4 Å². The van der Waals surface area contributed by atoms with Gasteiger partial charge in [0.25, 0.3) is 0 Å². The van der Waals surface area contributed by atoms with Gasteiger partial charge in [0.05, 0.1) is 30.3 Å². The van der Waals surface area contributed by atoms with E-state index in [-0.39, 0.29) is 11.5 Å². The number of hydrogen-bond acceptors (Lipinski definition) is 6. The van der Waals surface area contributed by atoms with E-state index in [0.717, 1.165) is 11.3 Å². The van der Waals surface area contributed by atoms with E-state index in [2.05, 4.69) is 10.2 Å². The lowest BCUT2D eigenvalue weighted by Gasteiger charge is -2.07. The SMILES string of the molecule is COc1ccccc1C(=O)CSc1nnc(-c2ccoc2C)n1C. The Morgan fingerprint density at radius 2 is 2.08 bits per heavy atom. The molecule has 24 heavy (non-hydrogen) atoms. The van der Waals surface area contributed by atoms with Gasteiger partial charge in [0.2, 0.25) is 0 Å². The molecule has 7 heteroatoms. The van der Waals surface area contributed by atoms with E-state index in [9.17, 15) is 4.79 Å². The number of benzene rings is 1. The third-order valence-corrected chi connectivity index (χ3v) is 4.69. The van der Waals surface area contributed by atoms with Gasteiger partial charge in [-0.25, -0.2) is 0 Å². The van der Waals surface area contributed by atoms with E-state index in [0.29, 0.717) is 22.3 Å². The maximum atomic E-state index is 12.4. The smallest absolute Gasteiger partial charge is 0.191 e. The number of nitrogens with zero attached hydrogens (tertiary/aromatic N) is 3. The molecule has 3 rings (SSSR count). The number of ether oxygens (including phenoxy) is 1. The Morgan fingerprint density at radius 1 is 1.29 bits per heavy atom. The number of rotatable bonds is 6. The third-order valence-electron chi connectivity index (χ3n) is 3.67. The number of carbonyl (C=O) groups is 1. The van der Waals surface area contributed by atoms with Crippen molar-refractivity contribution in [3.63, 3.8) is 0 Å². The molecule has 2 heterocycles. The number of para-hydroxylation sites is 1. The molecule has 0 amide bonds. The highest BCUT2D eigenvalue weighted by Crippen LogP contribution is 2.27. The predicted octanol–water partition coefficient (Wildman–Crippen LogP) is 3.37. The molecule has 0 fully saturated rings. The standard InChI is InChI=1S/C17H17N3O3S/c1-11-12(8-9-23-11)16-18-19-17(20(16)2)24-10-14(21)13-6-4-5-7-15(13)22-3/h4-9H,10H2,1-3H3. The monoisotopic (exact) mass is 343 g/mol. The Bertz CT molecular complexity index is 870. The fourth-order valence-electron chi connectivity index (χ4n) is 2.37. The molecule has 1 aromatic carbocycles. The van der Waals surface area contributed by atoms with Gasteiger partial charge in [0, 0.05) is 7.05 Å². The highest BCUT2D eigenvalue weighted by Gasteiger charge is 2.17. The van der Waals surface area contributed by atoms with Crippen LogP contribution in [0.4, 0.5) is 0 Å². The minimum atomic E-state index is -0.0125. The van der Waals surface area contributed by atoms with Gasteiger partial charge in [-0.3, -0.25) is 4.79 Å². The molecule has 0 radical (unpaired) electrons. The number of furan rings is 1. The summed E-state index contributed by atoms with van der Waals surface area (Å²) < 4.78 is 12.4.